The van der Waals surface area contributed by atoms with Gasteiger partial charge in [-0.25, -0.2) is 0 Å². The molecule has 0 unspecified atom stereocenters. The smallest absolute Gasteiger partial charge is 0.0244 e. The molecule has 12 heavy (non-hydrogen) atoms. The highest BCUT2D eigenvalue weighted by Crippen LogP contribution is 2.38. The minimum absolute atomic E-state index is 0.902. The summed E-state index contributed by atoms with van der Waals surface area (Å²) in [6, 6.07) is 2.32. The number of thiophene rings is 1. The van der Waals surface area contributed by atoms with Crippen LogP contribution in [0.4, 0.5) is 0 Å². The van der Waals surface area contributed by atoms with E-state index in [0.717, 1.165) is 5.92 Å². The van der Waals surface area contributed by atoms with Crippen molar-refractivity contribution in [3.63, 3.8) is 0 Å². The van der Waals surface area contributed by atoms with Crippen LogP contribution < -0.4 is 0 Å². The van der Waals surface area contributed by atoms with E-state index in [9.17, 15) is 0 Å². The minimum Gasteiger partial charge on any atom is -0.299 e. The fraction of sp³-hybridized carbons (Fsp3) is 0.600. The van der Waals surface area contributed by atoms with Crippen LogP contribution in [0.15, 0.2) is 11.4 Å². The third-order valence-corrected chi connectivity index (χ3v) is 4.25. The maximum atomic E-state index is 2.59. The largest absolute Gasteiger partial charge is 0.299 e. The van der Waals surface area contributed by atoms with Crippen molar-refractivity contribution >= 4 is 11.3 Å². The van der Waals surface area contributed by atoms with E-state index >= 15 is 0 Å². The summed E-state index contributed by atoms with van der Waals surface area (Å²) >= 11 is 1.97. The number of nitrogens with zero attached hydrogens (tertiary/aromatic N) is 1. The van der Waals surface area contributed by atoms with Crippen LogP contribution in [0.5, 0.6) is 0 Å². The van der Waals surface area contributed by atoms with Gasteiger partial charge in [0.2, 0.25) is 0 Å². The molecule has 0 saturated carbocycles. The summed E-state index contributed by atoms with van der Waals surface area (Å²) < 4.78 is 0. The fourth-order valence-electron chi connectivity index (χ4n) is 2.43. The van der Waals surface area contributed by atoms with Crippen LogP contribution in [0.2, 0.25) is 0 Å². The number of hydrogen-bond acceptors (Lipinski definition) is 2. The number of piperidine rings is 1. The van der Waals surface area contributed by atoms with Crippen molar-refractivity contribution in [3.05, 3.63) is 21.9 Å². The normalized spacial score (nSPS) is 33.0. The van der Waals surface area contributed by atoms with Gasteiger partial charge < -0.3 is 0 Å². The first kappa shape index (κ1) is 7.10. The summed E-state index contributed by atoms with van der Waals surface area (Å²) in [5.74, 6) is 0.902. The first-order chi connectivity index (χ1) is 5.93. The van der Waals surface area contributed by atoms with Gasteiger partial charge in [0.1, 0.15) is 0 Å². The molecule has 1 aromatic heterocycles. The van der Waals surface area contributed by atoms with Crippen molar-refractivity contribution in [2.45, 2.75) is 25.3 Å². The van der Waals surface area contributed by atoms with Crippen LogP contribution in [0.25, 0.3) is 0 Å². The molecule has 0 aliphatic carbocycles. The molecular weight excluding hydrogens is 166 g/mol. The number of fused-ring (bicyclic) bond motifs is 2. The molecule has 3 aliphatic heterocycles. The zero-order chi connectivity index (χ0) is 7.97. The molecule has 0 aromatic carbocycles. The van der Waals surface area contributed by atoms with E-state index in [1.54, 1.807) is 10.4 Å². The Hall–Kier alpha value is -0.340. The lowest BCUT2D eigenvalue weighted by molar-refractivity contribution is 0.221. The first-order valence-electron chi connectivity index (χ1n) is 4.72. The lowest BCUT2D eigenvalue weighted by Gasteiger charge is -2.26. The summed E-state index contributed by atoms with van der Waals surface area (Å²) in [5, 5.41) is 2.26. The van der Waals surface area contributed by atoms with Gasteiger partial charge in [0.05, 0.1) is 0 Å². The van der Waals surface area contributed by atoms with Crippen molar-refractivity contribution in [2.24, 2.45) is 0 Å². The van der Waals surface area contributed by atoms with E-state index in [0.29, 0.717) is 0 Å². The maximum Gasteiger partial charge on any atom is 0.0244 e. The summed E-state index contributed by atoms with van der Waals surface area (Å²) in [6.07, 6.45) is 2.79. The summed E-state index contributed by atoms with van der Waals surface area (Å²) in [7, 11) is 0. The molecule has 0 amide bonds. The zero-order valence-corrected chi connectivity index (χ0v) is 7.94. The molecule has 1 saturated heterocycles. The Balaban J connectivity index is 2.08. The second-order valence-electron chi connectivity index (χ2n) is 3.86. The van der Waals surface area contributed by atoms with Crippen LogP contribution in [0, 0.1) is 0 Å². The van der Waals surface area contributed by atoms with Crippen molar-refractivity contribution < 1.29 is 0 Å². The zero-order valence-electron chi connectivity index (χ0n) is 7.12. The van der Waals surface area contributed by atoms with E-state index in [2.05, 4.69) is 16.3 Å². The van der Waals surface area contributed by atoms with Crippen molar-refractivity contribution in [2.75, 3.05) is 13.1 Å². The highest BCUT2D eigenvalue weighted by molar-refractivity contribution is 7.10. The molecule has 3 aliphatic rings. The lowest BCUT2D eigenvalue weighted by atomic mass is 9.96. The van der Waals surface area contributed by atoms with Gasteiger partial charge >= 0.3 is 0 Å². The Morgan fingerprint density at radius 2 is 2.17 bits per heavy atom. The molecule has 0 N–H and O–H groups in total. The molecule has 1 aromatic rings. The topological polar surface area (TPSA) is 3.24 Å². The predicted octanol–water partition coefficient (Wildman–Crippen LogP) is 2.44. The average molecular weight is 179 g/mol. The molecular formula is C10H13NS. The van der Waals surface area contributed by atoms with E-state index in [1.165, 1.54) is 32.5 Å². The van der Waals surface area contributed by atoms with Crippen LogP contribution in [-0.4, -0.2) is 18.0 Å². The Morgan fingerprint density at radius 1 is 1.33 bits per heavy atom. The maximum absolute atomic E-state index is 2.59. The summed E-state index contributed by atoms with van der Waals surface area (Å²) in [5.41, 5.74) is 1.61. The Bertz CT molecular complexity index is 284. The SMILES string of the molecule is c1cc2c(s1)C1CCN(CC1)C2. The molecule has 4 rings (SSSR count). The average Bonchev–Trinajstić information content (AvgIpc) is 2.44. The fourth-order valence-corrected chi connectivity index (χ4v) is 3.52. The van der Waals surface area contributed by atoms with E-state index in [4.69, 9.17) is 0 Å². The lowest BCUT2D eigenvalue weighted by Crippen LogP contribution is -2.28. The van der Waals surface area contributed by atoms with Crippen LogP contribution in [0.1, 0.15) is 29.2 Å². The van der Waals surface area contributed by atoms with E-state index in [1.807, 2.05) is 11.3 Å². The Morgan fingerprint density at radius 3 is 3.00 bits per heavy atom. The van der Waals surface area contributed by atoms with Gasteiger partial charge in [-0.05, 0) is 48.9 Å². The van der Waals surface area contributed by atoms with Gasteiger partial charge in [-0.1, -0.05) is 0 Å². The van der Waals surface area contributed by atoms with Crippen molar-refractivity contribution in [3.8, 4) is 0 Å². The molecule has 1 nitrogen and oxygen atoms in total. The molecule has 1 fully saturated rings. The number of hydrogen-bond donors (Lipinski definition) is 0. The second-order valence-corrected chi connectivity index (χ2v) is 4.81. The van der Waals surface area contributed by atoms with E-state index < -0.39 is 0 Å². The van der Waals surface area contributed by atoms with Crippen LogP contribution >= 0.6 is 11.3 Å². The standard InChI is InChI=1S/C10H13NS/c1-4-11-5-2-8(1)10-9(7-11)3-6-12-10/h3,6,8H,1-2,4-5,7H2. The van der Waals surface area contributed by atoms with Gasteiger partial charge in [-0.15, -0.1) is 11.3 Å². The van der Waals surface area contributed by atoms with Gasteiger partial charge in [-0.2, -0.15) is 0 Å². The van der Waals surface area contributed by atoms with Crippen molar-refractivity contribution in [1.29, 1.82) is 0 Å². The van der Waals surface area contributed by atoms with Crippen LogP contribution in [-0.2, 0) is 6.54 Å². The highest BCUT2D eigenvalue weighted by Gasteiger charge is 2.27. The van der Waals surface area contributed by atoms with Gasteiger partial charge in [-0.3, -0.25) is 4.90 Å². The second kappa shape index (κ2) is 2.57. The molecule has 64 valence electrons. The van der Waals surface area contributed by atoms with E-state index in [-0.39, 0.29) is 0 Å². The van der Waals surface area contributed by atoms with Gasteiger partial charge in [0.25, 0.3) is 0 Å². The highest BCUT2D eigenvalue weighted by atomic mass is 32.1. The summed E-state index contributed by atoms with van der Waals surface area (Å²) in [4.78, 5) is 4.28. The molecule has 0 radical (unpaired) electrons. The molecule has 0 atom stereocenters. The van der Waals surface area contributed by atoms with Gasteiger partial charge in [0.15, 0.2) is 0 Å². The van der Waals surface area contributed by atoms with Crippen LogP contribution in [0.3, 0.4) is 0 Å². The minimum atomic E-state index is 0.902. The number of rotatable bonds is 0. The third-order valence-electron chi connectivity index (χ3n) is 3.13. The molecule has 2 bridgehead atoms. The molecule has 0 spiro atoms. The van der Waals surface area contributed by atoms with Gasteiger partial charge in [0, 0.05) is 11.4 Å². The summed E-state index contributed by atoms with van der Waals surface area (Å²) in [6.45, 7) is 3.87. The quantitative estimate of drug-likeness (QED) is 0.591. The Kier molecular flexibility index (Phi) is 1.52. The predicted molar refractivity (Wildman–Crippen MR) is 51.6 cm³/mol. The Labute approximate surface area is 77.0 Å². The molecule has 2 heteroatoms. The molecule has 4 heterocycles. The third kappa shape index (κ3) is 0.947. The van der Waals surface area contributed by atoms with Crippen molar-refractivity contribution in [1.82, 2.24) is 4.90 Å². The monoisotopic (exact) mass is 179 g/mol. The first-order valence-corrected chi connectivity index (χ1v) is 5.60.